The summed E-state index contributed by atoms with van der Waals surface area (Å²) < 4.78 is 0. The topological polar surface area (TPSA) is 67.8 Å². The van der Waals surface area contributed by atoms with Gasteiger partial charge in [-0.05, 0) is 28.5 Å². The predicted octanol–water partition coefficient (Wildman–Crippen LogP) is -0.264. The summed E-state index contributed by atoms with van der Waals surface area (Å²) in [6.07, 6.45) is 4.82. The minimum Gasteiger partial charge on any atom is -0.368 e. The summed E-state index contributed by atoms with van der Waals surface area (Å²) in [5.41, 5.74) is 7.44. The van der Waals surface area contributed by atoms with Crippen molar-refractivity contribution in [2.75, 3.05) is 0 Å². The van der Waals surface area contributed by atoms with Gasteiger partial charge in [0.2, 0.25) is 5.96 Å². The minimum absolute atomic E-state index is 0.0459. The Bertz CT molecular complexity index is 713. The number of guanidine groups is 1. The van der Waals surface area contributed by atoms with Crippen LogP contribution in [0.2, 0.25) is 0 Å². The minimum atomic E-state index is -0.378. The molecule has 0 saturated carbocycles. The van der Waals surface area contributed by atoms with E-state index >= 15 is 0 Å². The van der Waals surface area contributed by atoms with E-state index in [0.29, 0.717) is 5.71 Å². The van der Waals surface area contributed by atoms with Crippen molar-refractivity contribution in [2.24, 2.45) is 21.6 Å². The van der Waals surface area contributed by atoms with Gasteiger partial charge < -0.3 is 5.73 Å². The first kappa shape index (κ1) is 10.9. The standard InChI is InChI=1S/C14H13N3O/c1-2-8-3-4-9-7-12-11(6-10(9)5-8)13(18)17-14(15)16-12/h3-7,11H,2H2,1H3,(H2,15,17,18). The van der Waals surface area contributed by atoms with Gasteiger partial charge in [0, 0.05) is 0 Å². The van der Waals surface area contributed by atoms with Gasteiger partial charge in [-0.2, -0.15) is 4.99 Å². The van der Waals surface area contributed by atoms with Crippen molar-refractivity contribution in [1.82, 2.24) is 0 Å². The monoisotopic (exact) mass is 239 g/mol. The number of aryl methyl sites for hydroxylation is 1. The van der Waals surface area contributed by atoms with Crippen molar-refractivity contribution in [3.8, 4) is 0 Å². The molecule has 4 nitrogen and oxygen atoms in total. The van der Waals surface area contributed by atoms with Crippen LogP contribution in [0.3, 0.4) is 0 Å². The van der Waals surface area contributed by atoms with Crippen molar-refractivity contribution in [3.63, 3.8) is 0 Å². The normalized spacial score (nSPS) is 20.9. The van der Waals surface area contributed by atoms with Gasteiger partial charge in [0.15, 0.2) is 0 Å². The van der Waals surface area contributed by atoms with E-state index in [0.717, 1.165) is 16.9 Å². The van der Waals surface area contributed by atoms with Crippen LogP contribution < -0.4 is 16.2 Å². The first-order chi connectivity index (χ1) is 8.67. The highest BCUT2D eigenvalue weighted by Gasteiger charge is 2.26. The zero-order valence-corrected chi connectivity index (χ0v) is 10.1. The lowest BCUT2D eigenvalue weighted by molar-refractivity contribution is -0.118. The average molecular weight is 239 g/mol. The van der Waals surface area contributed by atoms with E-state index in [1.165, 1.54) is 5.56 Å². The summed E-state index contributed by atoms with van der Waals surface area (Å²) >= 11 is 0. The summed E-state index contributed by atoms with van der Waals surface area (Å²) in [4.78, 5) is 19.6. The second kappa shape index (κ2) is 3.91. The molecule has 1 aliphatic heterocycles. The fraction of sp³-hybridized carbons (Fsp3) is 0.214. The molecule has 1 aliphatic carbocycles. The Morgan fingerprint density at radius 3 is 2.89 bits per heavy atom. The molecule has 4 heteroatoms. The van der Waals surface area contributed by atoms with Crippen molar-refractivity contribution in [2.45, 2.75) is 13.3 Å². The number of benzene rings is 1. The fourth-order valence-corrected chi connectivity index (χ4v) is 2.27. The Morgan fingerprint density at radius 1 is 1.28 bits per heavy atom. The van der Waals surface area contributed by atoms with Gasteiger partial charge >= 0.3 is 0 Å². The van der Waals surface area contributed by atoms with Gasteiger partial charge in [0.1, 0.15) is 5.92 Å². The predicted molar refractivity (Wildman–Crippen MR) is 71.6 cm³/mol. The van der Waals surface area contributed by atoms with E-state index in [4.69, 9.17) is 5.73 Å². The molecular formula is C14H13N3O. The quantitative estimate of drug-likeness (QED) is 0.733. The largest absolute Gasteiger partial charge is 0.368 e. The van der Waals surface area contributed by atoms with E-state index < -0.39 is 0 Å². The first-order valence-corrected chi connectivity index (χ1v) is 5.96. The third-order valence-corrected chi connectivity index (χ3v) is 3.26. The van der Waals surface area contributed by atoms with Gasteiger partial charge in [-0.1, -0.05) is 31.2 Å². The van der Waals surface area contributed by atoms with Crippen LogP contribution in [0.25, 0.3) is 12.2 Å². The van der Waals surface area contributed by atoms with Crippen molar-refractivity contribution >= 4 is 29.7 Å². The summed E-state index contributed by atoms with van der Waals surface area (Å²) in [7, 11) is 0. The van der Waals surface area contributed by atoms with Crippen LogP contribution in [0.1, 0.15) is 12.5 Å². The molecule has 1 unspecified atom stereocenters. The van der Waals surface area contributed by atoms with Crippen molar-refractivity contribution in [1.29, 1.82) is 0 Å². The summed E-state index contributed by atoms with van der Waals surface area (Å²) in [6, 6.07) is 6.25. The van der Waals surface area contributed by atoms with Gasteiger partial charge in [-0.15, -0.1) is 0 Å². The highest BCUT2D eigenvalue weighted by atomic mass is 16.1. The number of carbonyl (C=O) groups is 1. The maximum atomic E-state index is 11.8. The van der Waals surface area contributed by atoms with Crippen LogP contribution in [0, 0.1) is 5.92 Å². The lowest BCUT2D eigenvalue weighted by Gasteiger charge is -2.17. The molecule has 0 aromatic heterocycles. The Balaban J connectivity index is 2.23. The number of nitrogens with zero attached hydrogens (tertiary/aromatic N) is 2. The molecular weight excluding hydrogens is 226 g/mol. The molecule has 1 aromatic rings. The number of aliphatic imine (C=N–C) groups is 2. The second-order valence-corrected chi connectivity index (χ2v) is 4.45. The summed E-state index contributed by atoms with van der Waals surface area (Å²) in [5, 5.41) is 2.15. The Kier molecular flexibility index (Phi) is 2.37. The van der Waals surface area contributed by atoms with E-state index in [-0.39, 0.29) is 17.8 Å². The van der Waals surface area contributed by atoms with Crippen LogP contribution in [-0.4, -0.2) is 17.6 Å². The third-order valence-electron chi connectivity index (χ3n) is 3.26. The molecule has 2 N–H and O–H groups in total. The molecule has 1 aromatic carbocycles. The summed E-state index contributed by atoms with van der Waals surface area (Å²) in [5.74, 6) is -0.567. The highest BCUT2D eigenvalue weighted by molar-refractivity contribution is 6.29. The molecule has 0 bridgehead atoms. The molecule has 3 rings (SSSR count). The molecule has 90 valence electrons. The molecule has 0 fully saturated rings. The number of carbonyl (C=O) groups excluding carboxylic acids is 1. The molecule has 18 heavy (non-hydrogen) atoms. The molecule has 1 heterocycles. The number of hydrogen-bond acceptors (Lipinski definition) is 3. The van der Waals surface area contributed by atoms with Gasteiger partial charge in [-0.3, -0.25) is 4.79 Å². The maximum Gasteiger partial charge on any atom is 0.261 e. The molecule has 0 radical (unpaired) electrons. The molecule has 1 atom stereocenters. The molecule has 2 aliphatic rings. The van der Waals surface area contributed by atoms with Crippen molar-refractivity contribution in [3.05, 3.63) is 34.2 Å². The number of amides is 1. The number of fused-ring (bicyclic) bond motifs is 2. The van der Waals surface area contributed by atoms with Gasteiger partial charge in [0.25, 0.3) is 5.91 Å². The summed E-state index contributed by atoms with van der Waals surface area (Å²) in [6.45, 7) is 2.11. The lowest BCUT2D eigenvalue weighted by Crippen LogP contribution is -2.38. The Labute approximate surface area is 104 Å². The van der Waals surface area contributed by atoms with E-state index in [9.17, 15) is 4.79 Å². The molecule has 0 spiro atoms. The zero-order chi connectivity index (χ0) is 12.7. The van der Waals surface area contributed by atoms with Crippen LogP contribution in [0.15, 0.2) is 28.2 Å². The van der Waals surface area contributed by atoms with Gasteiger partial charge in [-0.25, -0.2) is 4.99 Å². The smallest absolute Gasteiger partial charge is 0.261 e. The van der Waals surface area contributed by atoms with E-state index in [1.807, 2.05) is 12.2 Å². The highest BCUT2D eigenvalue weighted by Crippen LogP contribution is 2.13. The SMILES string of the molecule is CCc1ccc2c(c1)=CC1C(=O)N=C(N)N=C1C=2. The van der Waals surface area contributed by atoms with Crippen LogP contribution >= 0.6 is 0 Å². The third kappa shape index (κ3) is 1.66. The van der Waals surface area contributed by atoms with E-state index in [2.05, 4.69) is 35.1 Å². The number of nitrogens with two attached hydrogens (primary N) is 1. The van der Waals surface area contributed by atoms with Crippen molar-refractivity contribution < 1.29 is 4.79 Å². The van der Waals surface area contributed by atoms with Gasteiger partial charge in [0.05, 0.1) is 5.71 Å². The molecule has 1 amide bonds. The lowest BCUT2D eigenvalue weighted by atomic mass is 9.93. The van der Waals surface area contributed by atoms with Crippen LogP contribution in [0.5, 0.6) is 0 Å². The Hall–Kier alpha value is -2.23. The second-order valence-electron chi connectivity index (χ2n) is 4.45. The van der Waals surface area contributed by atoms with Crippen LogP contribution in [0.4, 0.5) is 0 Å². The maximum absolute atomic E-state index is 11.8. The number of rotatable bonds is 1. The molecule has 0 saturated heterocycles. The fourth-order valence-electron chi connectivity index (χ4n) is 2.27. The van der Waals surface area contributed by atoms with Crippen LogP contribution in [-0.2, 0) is 11.2 Å². The zero-order valence-electron chi connectivity index (χ0n) is 10.1. The average Bonchev–Trinajstić information content (AvgIpc) is 2.36. The van der Waals surface area contributed by atoms with E-state index in [1.54, 1.807) is 0 Å². The first-order valence-electron chi connectivity index (χ1n) is 5.96. The number of hydrogen-bond donors (Lipinski definition) is 1. The Morgan fingerprint density at radius 2 is 2.11 bits per heavy atom.